The standard InChI is InChI=1S/C21H20N2O4S/c1-2-3-12-27-20(26)15-6-8-16(9-7-15)22-21-23-19(25)18(28-21)13-14-4-10-17(24)11-5-14/h4-11,13,24H,2-3,12H2,1H3,(H,22,23,25)/b18-13-. The molecule has 0 saturated carbocycles. The van der Waals surface area contributed by atoms with Gasteiger partial charge in [0, 0.05) is 0 Å². The van der Waals surface area contributed by atoms with Crippen LogP contribution in [0.15, 0.2) is 58.4 Å². The van der Waals surface area contributed by atoms with Gasteiger partial charge in [0.25, 0.3) is 5.91 Å². The van der Waals surface area contributed by atoms with Crippen molar-refractivity contribution in [1.82, 2.24) is 5.32 Å². The lowest BCUT2D eigenvalue weighted by molar-refractivity contribution is -0.115. The van der Waals surface area contributed by atoms with Gasteiger partial charge in [-0.3, -0.25) is 4.79 Å². The first-order valence-corrected chi connectivity index (χ1v) is 9.72. The zero-order valence-electron chi connectivity index (χ0n) is 15.3. The Balaban J connectivity index is 1.66. The van der Waals surface area contributed by atoms with Crippen molar-refractivity contribution in [2.75, 3.05) is 6.61 Å². The number of nitrogens with one attached hydrogen (secondary N) is 1. The molecule has 6 nitrogen and oxygen atoms in total. The van der Waals surface area contributed by atoms with Crippen molar-refractivity contribution in [1.29, 1.82) is 0 Å². The number of phenols is 1. The van der Waals surface area contributed by atoms with Gasteiger partial charge < -0.3 is 15.2 Å². The number of esters is 1. The number of amidine groups is 1. The van der Waals surface area contributed by atoms with Crippen LogP contribution in [0.3, 0.4) is 0 Å². The lowest BCUT2D eigenvalue weighted by Crippen LogP contribution is -2.19. The van der Waals surface area contributed by atoms with E-state index in [0.717, 1.165) is 18.4 Å². The molecule has 0 atom stereocenters. The van der Waals surface area contributed by atoms with Gasteiger partial charge in [0.05, 0.1) is 22.8 Å². The maximum absolute atomic E-state index is 12.1. The fraction of sp³-hybridized carbons (Fsp3) is 0.190. The van der Waals surface area contributed by atoms with Gasteiger partial charge in [0.1, 0.15) is 5.75 Å². The van der Waals surface area contributed by atoms with Crippen LogP contribution < -0.4 is 5.32 Å². The second kappa shape index (κ2) is 9.23. The molecule has 0 aromatic heterocycles. The molecular formula is C21H20N2O4S. The number of ether oxygens (including phenoxy) is 1. The highest BCUT2D eigenvalue weighted by atomic mass is 32.2. The minimum absolute atomic E-state index is 0.172. The summed E-state index contributed by atoms with van der Waals surface area (Å²) in [6, 6.07) is 13.3. The predicted molar refractivity (Wildman–Crippen MR) is 111 cm³/mol. The molecule has 1 aliphatic rings. The second-order valence-corrected chi connectivity index (χ2v) is 7.14. The van der Waals surface area contributed by atoms with Crippen molar-refractivity contribution in [2.24, 2.45) is 4.99 Å². The summed E-state index contributed by atoms with van der Waals surface area (Å²) in [5, 5.41) is 12.5. The first-order valence-electron chi connectivity index (χ1n) is 8.91. The Hall–Kier alpha value is -3.06. The van der Waals surface area contributed by atoms with E-state index in [-0.39, 0.29) is 17.6 Å². The molecule has 0 radical (unpaired) electrons. The number of carbonyl (C=O) groups is 2. The van der Waals surface area contributed by atoms with Crippen LogP contribution in [0.2, 0.25) is 0 Å². The molecule has 3 rings (SSSR count). The molecule has 0 unspecified atom stereocenters. The molecule has 7 heteroatoms. The number of aromatic hydroxyl groups is 1. The topological polar surface area (TPSA) is 88.0 Å². The molecule has 2 N–H and O–H groups in total. The number of thioether (sulfide) groups is 1. The number of hydrogen-bond acceptors (Lipinski definition) is 6. The molecule has 2 aromatic rings. The van der Waals surface area contributed by atoms with Crippen LogP contribution in [0.4, 0.5) is 5.69 Å². The van der Waals surface area contributed by atoms with E-state index in [4.69, 9.17) is 4.74 Å². The van der Waals surface area contributed by atoms with Gasteiger partial charge in [-0.05, 0) is 66.2 Å². The lowest BCUT2D eigenvalue weighted by atomic mass is 10.2. The number of phenolic OH excluding ortho intramolecular Hbond substituents is 1. The number of carbonyl (C=O) groups excluding carboxylic acids is 2. The third-order valence-corrected chi connectivity index (χ3v) is 4.82. The molecule has 0 aliphatic carbocycles. The van der Waals surface area contributed by atoms with Crippen LogP contribution in [-0.2, 0) is 9.53 Å². The summed E-state index contributed by atoms with van der Waals surface area (Å²) in [4.78, 5) is 29.0. The number of rotatable bonds is 6. The summed E-state index contributed by atoms with van der Waals surface area (Å²) >= 11 is 1.23. The van der Waals surface area contributed by atoms with Crippen molar-refractivity contribution < 1.29 is 19.4 Å². The van der Waals surface area contributed by atoms with Gasteiger partial charge in [0.2, 0.25) is 0 Å². The maximum atomic E-state index is 12.1. The van der Waals surface area contributed by atoms with E-state index in [1.54, 1.807) is 54.6 Å². The van der Waals surface area contributed by atoms with Crippen LogP contribution in [0.5, 0.6) is 5.75 Å². The predicted octanol–water partition coefficient (Wildman–Crippen LogP) is 4.24. The molecule has 28 heavy (non-hydrogen) atoms. The SMILES string of the molecule is CCCCOC(=O)c1ccc(N=C2NC(=O)/C(=C/c3ccc(O)cc3)S2)cc1. The molecular weight excluding hydrogens is 376 g/mol. The monoisotopic (exact) mass is 396 g/mol. The molecule has 1 aliphatic heterocycles. The first kappa shape index (κ1) is 19.7. The zero-order chi connectivity index (χ0) is 19.9. The van der Waals surface area contributed by atoms with Crippen LogP contribution >= 0.6 is 11.8 Å². The number of hydrogen-bond donors (Lipinski definition) is 2. The number of aliphatic imine (C=N–C) groups is 1. The van der Waals surface area contributed by atoms with Crippen LogP contribution in [0, 0.1) is 0 Å². The maximum Gasteiger partial charge on any atom is 0.338 e. The normalized spacial score (nSPS) is 16.4. The molecule has 144 valence electrons. The molecule has 0 bridgehead atoms. The number of amides is 1. The Bertz CT molecular complexity index is 918. The second-order valence-electron chi connectivity index (χ2n) is 6.11. The summed E-state index contributed by atoms with van der Waals surface area (Å²) in [7, 11) is 0. The highest BCUT2D eigenvalue weighted by molar-refractivity contribution is 8.18. The van der Waals surface area contributed by atoms with Gasteiger partial charge in [0.15, 0.2) is 5.17 Å². The fourth-order valence-electron chi connectivity index (χ4n) is 2.38. The summed E-state index contributed by atoms with van der Waals surface area (Å²) in [6.07, 6.45) is 3.54. The van der Waals surface area contributed by atoms with E-state index in [1.807, 2.05) is 6.92 Å². The number of unbranched alkanes of at least 4 members (excludes halogenated alkanes) is 1. The summed E-state index contributed by atoms with van der Waals surface area (Å²) in [6.45, 7) is 2.45. The van der Waals surface area contributed by atoms with Crippen molar-refractivity contribution in [3.63, 3.8) is 0 Å². The lowest BCUT2D eigenvalue weighted by Gasteiger charge is -2.04. The van der Waals surface area contributed by atoms with Gasteiger partial charge >= 0.3 is 5.97 Å². The van der Waals surface area contributed by atoms with Crippen molar-refractivity contribution >= 4 is 40.6 Å². The summed E-state index contributed by atoms with van der Waals surface area (Å²) < 4.78 is 5.17. The highest BCUT2D eigenvalue weighted by Gasteiger charge is 2.23. The van der Waals surface area contributed by atoms with Gasteiger partial charge in [-0.2, -0.15) is 0 Å². The third-order valence-electron chi connectivity index (χ3n) is 3.91. The molecule has 1 fully saturated rings. The quantitative estimate of drug-likeness (QED) is 0.433. The first-order chi connectivity index (χ1) is 13.5. The van der Waals surface area contributed by atoms with E-state index in [1.165, 1.54) is 11.8 Å². The van der Waals surface area contributed by atoms with Gasteiger partial charge in [-0.1, -0.05) is 25.5 Å². The number of nitrogens with zero attached hydrogens (tertiary/aromatic N) is 1. The Morgan fingerprint density at radius 2 is 1.89 bits per heavy atom. The molecule has 1 amide bonds. The smallest absolute Gasteiger partial charge is 0.338 e. The zero-order valence-corrected chi connectivity index (χ0v) is 16.2. The molecule has 2 aromatic carbocycles. The Labute approximate surface area is 167 Å². The fourth-order valence-corrected chi connectivity index (χ4v) is 3.23. The van der Waals surface area contributed by atoms with Crippen molar-refractivity contribution in [3.05, 3.63) is 64.6 Å². The largest absolute Gasteiger partial charge is 0.508 e. The summed E-state index contributed by atoms with van der Waals surface area (Å²) in [5.41, 5.74) is 1.90. The molecule has 0 spiro atoms. The van der Waals surface area contributed by atoms with E-state index < -0.39 is 0 Å². The van der Waals surface area contributed by atoms with E-state index in [0.29, 0.717) is 27.9 Å². The Kier molecular flexibility index (Phi) is 6.49. The van der Waals surface area contributed by atoms with Crippen LogP contribution in [0.25, 0.3) is 6.08 Å². The van der Waals surface area contributed by atoms with Crippen LogP contribution in [-0.4, -0.2) is 28.8 Å². The minimum Gasteiger partial charge on any atom is -0.508 e. The number of benzene rings is 2. The third kappa shape index (κ3) is 5.23. The average Bonchev–Trinajstić information content (AvgIpc) is 3.03. The van der Waals surface area contributed by atoms with Crippen LogP contribution in [0.1, 0.15) is 35.7 Å². The Morgan fingerprint density at radius 3 is 2.57 bits per heavy atom. The van der Waals surface area contributed by atoms with Gasteiger partial charge in [-0.25, -0.2) is 9.79 Å². The van der Waals surface area contributed by atoms with Gasteiger partial charge in [-0.15, -0.1) is 0 Å². The average molecular weight is 396 g/mol. The van der Waals surface area contributed by atoms with E-state index >= 15 is 0 Å². The minimum atomic E-state index is -0.352. The molecule has 1 heterocycles. The van der Waals surface area contributed by atoms with E-state index in [9.17, 15) is 14.7 Å². The van der Waals surface area contributed by atoms with Crippen molar-refractivity contribution in [2.45, 2.75) is 19.8 Å². The van der Waals surface area contributed by atoms with Crippen molar-refractivity contribution in [3.8, 4) is 5.75 Å². The molecule has 1 saturated heterocycles. The summed E-state index contributed by atoms with van der Waals surface area (Å²) in [5.74, 6) is -0.408. The van der Waals surface area contributed by atoms with E-state index in [2.05, 4.69) is 10.3 Å². The Morgan fingerprint density at radius 1 is 1.18 bits per heavy atom. The highest BCUT2D eigenvalue weighted by Crippen LogP contribution is 2.28.